The van der Waals surface area contributed by atoms with Crippen LogP contribution in [0.2, 0.25) is 0 Å². The minimum atomic E-state index is 0.332. The van der Waals surface area contributed by atoms with Gasteiger partial charge in [0, 0.05) is 12.3 Å². The first-order valence-corrected chi connectivity index (χ1v) is 5.36. The Morgan fingerprint density at radius 3 is 2.85 bits per heavy atom. The Balaban J connectivity index is 2.00. The predicted octanol–water partition coefficient (Wildman–Crippen LogP) is 3.48. The van der Waals surface area contributed by atoms with Crippen LogP contribution in [0.25, 0.3) is 0 Å². The van der Waals surface area contributed by atoms with Crippen LogP contribution in [0, 0.1) is 11.3 Å². The van der Waals surface area contributed by atoms with E-state index in [9.17, 15) is 0 Å². The molecule has 1 aromatic heterocycles. The smallest absolute Gasteiger partial charge is 0.104 e. The number of halogens is 1. The monoisotopic (exact) mass is 198 g/mol. The molecule has 0 spiro atoms. The normalized spacial score (nSPS) is 32.9. The van der Waals surface area contributed by atoms with E-state index in [0.717, 1.165) is 24.0 Å². The predicted molar refractivity (Wildman–Crippen MR) is 54.0 cm³/mol. The second-order valence-corrected chi connectivity index (χ2v) is 4.67. The Hall–Kier alpha value is -0.430. The summed E-state index contributed by atoms with van der Waals surface area (Å²) >= 11 is 6.00. The average Bonchev–Trinajstić information content (AvgIpc) is 2.53. The summed E-state index contributed by atoms with van der Waals surface area (Å²) in [6.45, 7) is 2.28. The molecule has 13 heavy (non-hydrogen) atoms. The highest BCUT2D eigenvalue weighted by atomic mass is 35.5. The van der Waals surface area contributed by atoms with Crippen LogP contribution >= 0.6 is 11.6 Å². The maximum Gasteiger partial charge on any atom is 0.104 e. The molecule has 1 aliphatic rings. The van der Waals surface area contributed by atoms with E-state index in [4.69, 9.17) is 16.0 Å². The molecule has 0 amide bonds. The van der Waals surface area contributed by atoms with Crippen molar-refractivity contribution < 1.29 is 4.42 Å². The number of hydrogen-bond donors (Lipinski definition) is 0. The number of furan rings is 1. The summed E-state index contributed by atoms with van der Waals surface area (Å²) in [5, 5.41) is 0. The van der Waals surface area contributed by atoms with Crippen LogP contribution in [0.4, 0.5) is 0 Å². The van der Waals surface area contributed by atoms with Crippen LogP contribution in [-0.4, -0.2) is 5.88 Å². The van der Waals surface area contributed by atoms with Gasteiger partial charge in [-0.3, -0.25) is 0 Å². The van der Waals surface area contributed by atoms with Gasteiger partial charge in [-0.25, -0.2) is 0 Å². The fraction of sp³-hybridized carbons (Fsp3) is 0.636. The molecule has 2 heteroatoms. The van der Waals surface area contributed by atoms with Crippen molar-refractivity contribution in [3.8, 4) is 0 Å². The number of rotatable bonds is 3. The van der Waals surface area contributed by atoms with Gasteiger partial charge in [0.2, 0.25) is 0 Å². The van der Waals surface area contributed by atoms with Crippen LogP contribution in [0.15, 0.2) is 22.8 Å². The Bertz CT molecular complexity index is 260. The first kappa shape index (κ1) is 9.14. The molecule has 0 aromatic carbocycles. The molecule has 0 aliphatic heterocycles. The van der Waals surface area contributed by atoms with E-state index in [1.807, 2.05) is 12.1 Å². The van der Waals surface area contributed by atoms with Crippen molar-refractivity contribution in [1.82, 2.24) is 0 Å². The van der Waals surface area contributed by atoms with Gasteiger partial charge in [-0.05, 0) is 36.3 Å². The van der Waals surface area contributed by atoms with E-state index in [1.165, 1.54) is 12.8 Å². The molecule has 0 bridgehead atoms. The van der Waals surface area contributed by atoms with Gasteiger partial charge >= 0.3 is 0 Å². The minimum absolute atomic E-state index is 0.332. The molecule has 0 atom stereocenters. The SMILES string of the molecule is CC1CC(CCl)(Cc2ccco2)C1. The first-order valence-electron chi connectivity index (χ1n) is 4.82. The molecule has 1 fully saturated rings. The summed E-state index contributed by atoms with van der Waals surface area (Å²) in [5.41, 5.74) is 0.332. The number of hydrogen-bond acceptors (Lipinski definition) is 1. The lowest BCUT2D eigenvalue weighted by Gasteiger charge is -2.45. The quantitative estimate of drug-likeness (QED) is 0.678. The summed E-state index contributed by atoms with van der Waals surface area (Å²) in [5.74, 6) is 2.68. The highest BCUT2D eigenvalue weighted by molar-refractivity contribution is 6.18. The van der Waals surface area contributed by atoms with Crippen LogP contribution < -0.4 is 0 Å². The van der Waals surface area contributed by atoms with Crippen LogP contribution in [0.5, 0.6) is 0 Å². The third-order valence-electron chi connectivity index (χ3n) is 2.98. The van der Waals surface area contributed by atoms with Crippen molar-refractivity contribution in [3.63, 3.8) is 0 Å². The molecule has 72 valence electrons. The third kappa shape index (κ3) is 1.76. The Morgan fingerprint density at radius 1 is 1.62 bits per heavy atom. The summed E-state index contributed by atoms with van der Waals surface area (Å²) in [6.07, 6.45) is 5.24. The maximum atomic E-state index is 6.00. The van der Waals surface area contributed by atoms with E-state index < -0.39 is 0 Å². The zero-order valence-electron chi connectivity index (χ0n) is 7.92. The van der Waals surface area contributed by atoms with Crippen LogP contribution in [0.3, 0.4) is 0 Å². The number of alkyl halides is 1. The lowest BCUT2D eigenvalue weighted by Crippen LogP contribution is -2.39. The lowest BCUT2D eigenvalue weighted by molar-refractivity contribution is 0.0859. The molecular weight excluding hydrogens is 184 g/mol. The summed E-state index contributed by atoms with van der Waals surface area (Å²) in [4.78, 5) is 0. The summed E-state index contributed by atoms with van der Waals surface area (Å²) in [7, 11) is 0. The molecule has 0 N–H and O–H groups in total. The van der Waals surface area contributed by atoms with Gasteiger partial charge in [0.25, 0.3) is 0 Å². The van der Waals surface area contributed by atoms with Gasteiger partial charge in [0.05, 0.1) is 6.26 Å². The van der Waals surface area contributed by atoms with E-state index in [0.29, 0.717) is 5.41 Å². The zero-order valence-corrected chi connectivity index (χ0v) is 8.68. The van der Waals surface area contributed by atoms with Crippen molar-refractivity contribution in [2.75, 3.05) is 5.88 Å². The Kier molecular flexibility index (Phi) is 2.37. The van der Waals surface area contributed by atoms with Gasteiger partial charge in [-0.2, -0.15) is 0 Å². The van der Waals surface area contributed by atoms with Crippen molar-refractivity contribution in [1.29, 1.82) is 0 Å². The van der Waals surface area contributed by atoms with Gasteiger partial charge in [0.1, 0.15) is 5.76 Å². The van der Waals surface area contributed by atoms with Gasteiger partial charge in [-0.15, -0.1) is 11.6 Å². The third-order valence-corrected chi connectivity index (χ3v) is 3.54. The van der Waals surface area contributed by atoms with Gasteiger partial charge < -0.3 is 4.42 Å². The Labute approximate surface area is 84.1 Å². The molecule has 1 aromatic rings. The molecule has 1 saturated carbocycles. The molecule has 0 unspecified atom stereocenters. The second-order valence-electron chi connectivity index (χ2n) is 4.40. The highest BCUT2D eigenvalue weighted by Gasteiger charge is 2.41. The molecule has 0 radical (unpaired) electrons. The molecule has 1 aliphatic carbocycles. The average molecular weight is 199 g/mol. The standard InChI is InChI=1S/C11H15ClO/c1-9-5-11(6-9,8-12)7-10-3-2-4-13-10/h2-4,9H,5-8H2,1H3. The van der Waals surface area contributed by atoms with Crippen molar-refractivity contribution in [2.45, 2.75) is 26.2 Å². The van der Waals surface area contributed by atoms with E-state index in [2.05, 4.69) is 6.92 Å². The van der Waals surface area contributed by atoms with Gasteiger partial charge in [-0.1, -0.05) is 6.92 Å². The van der Waals surface area contributed by atoms with Crippen LogP contribution in [-0.2, 0) is 6.42 Å². The molecule has 2 rings (SSSR count). The highest BCUT2D eigenvalue weighted by Crippen LogP contribution is 2.48. The molecule has 1 heterocycles. The summed E-state index contributed by atoms with van der Waals surface area (Å²) in [6, 6.07) is 3.98. The molecule has 1 nitrogen and oxygen atoms in total. The minimum Gasteiger partial charge on any atom is -0.469 e. The fourth-order valence-corrected chi connectivity index (χ4v) is 2.81. The first-order chi connectivity index (χ1) is 6.24. The molecular formula is C11H15ClO. The van der Waals surface area contributed by atoms with Crippen LogP contribution in [0.1, 0.15) is 25.5 Å². The fourth-order valence-electron chi connectivity index (χ4n) is 2.50. The summed E-state index contributed by atoms with van der Waals surface area (Å²) < 4.78 is 5.34. The topological polar surface area (TPSA) is 13.1 Å². The van der Waals surface area contributed by atoms with E-state index >= 15 is 0 Å². The van der Waals surface area contributed by atoms with E-state index in [-0.39, 0.29) is 0 Å². The van der Waals surface area contributed by atoms with Crippen molar-refractivity contribution >= 4 is 11.6 Å². The second kappa shape index (κ2) is 3.38. The van der Waals surface area contributed by atoms with Crippen molar-refractivity contribution in [3.05, 3.63) is 24.2 Å². The zero-order chi connectivity index (χ0) is 9.31. The molecule has 0 saturated heterocycles. The largest absolute Gasteiger partial charge is 0.469 e. The lowest BCUT2D eigenvalue weighted by atomic mass is 9.62. The van der Waals surface area contributed by atoms with Crippen molar-refractivity contribution in [2.24, 2.45) is 11.3 Å². The Morgan fingerprint density at radius 2 is 2.38 bits per heavy atom. The van der Waals surface area contributed by atoms with Gasteiger partial charge in [0.15, 0.2) is 0 Å². The van der Waals surface area contributed by atoms with E-state index in [1.54, 1.807) is 6.26 Å². The maximum absolute atomic E-state index is 6.00.